The minimum atomic E-state index is -0.520. The van der Waals surface area contributed by atoms with Gasteiger partial charge in [-0.3, -0.25) is 0 Å². The van der Waals surface area contributed by atoms with Crippen molar-refractivity contribution >= 4 is 34.1 Å². The van der Waals surface area contributed by atoms with Gasteiger partial charge in [-0.15, -0.1) is 0 Å². The van der Waals surface area contributed by atoms with Crippen LogP contribution in [0.2, 0.25) is 0 Å². The second-order valence-electron chi connectivity index (χ2n) is 16.2. The van der Waals surface area contributed by atoms with E-state index in [-0.39, 0.29) is 0 Å². The van der Waals surface area contributed by atoms with Crippen LogP contribution in [-0.2, 0) is 5.41 Å². The van der Waals surface area contributed by atoms with E-state index < -0.39 is 5.41 Å². The van der Waals surface area contributed by atoms with E-state index in [1.807, 2.05) is 0 Å². The van der Waals surface area contributed by atoms with Crippen LogP contribution in [0.1, 0.15) is 55.6 Å². The van der Waals surface area contributed by atoms with Crippen LogP contribution in [0.3, 0.4) is 0 Å². The topological polar surface area (TPSA) is 6.48 Å². The number of nitrogens with zero attached hydrogens (tertiary/aromatic N) is 2. The smallest absolute Gasteiger partial charge is 0.0727 e. The highest BCUT2D eigenvalue weighted by atomic mass is 15.1. The van der Waals surface area contributed by atoms with E-state index in [0.29, 0.717) is 0 Å². The van der Waals surface area contributed by atoms with Gasteiger partial charge in [0.2, 0.25) is 0 Å². The van der Waals surface area contributed by atoms with E-state index in [0.717, 1.165) is 34.1 Å². The van der Waals surface area contributed by atoms with E-state index in [1.165, 1.54) is 77.9 Å². The number of anilines is 6. The van der Waals surface area contributed by atoms with Crippen molar-refractivity contribution in [1.82, 2.24) is 0 Å². The van der Waals surface area contributed by atoms with Crippen LogP contribution < -0.4 is 9.80 Å². The highest BCUT2D eigenvalue weighted by molar-refractivity contribution is 5.97. The van der Waals surface area contributed by atoms with E-state index in [4.69, 9.17) is 0 Å². The van der Waals surface area contributed by atoms with Crippen molar-refractivity contribution in [2.45, 2.75) is 47.0 Å². The molecule has 0 fully saturated rings. The second-order valence-corrected chi connectivity index (χ2v) is 16.2. The number of rotatable bonds is 6. The predicted molar refractivity (Wildman–Crippen MR) is 241 cm³/mol. The molecule has 0 unspecified atom stereocenters. The Balaban J connectivity index is 1.25. The molecule has 0 aromatic heterocycles. The first kappa shape index (κ1) is 34.8. The summed E-state index contributed by atoms with van der Waals surface area (Å²) < 4.78 is 0. The molecule has 2 aliphatic rings. The van der Waals surface area contributed by atoms with Crippen LogP contribution in [0, 0.1) is 41.5 Å². The lowest BCUT2D eigenvalue weighted by atomic mass is 9.70. The molecular weight excluding hydrogens is 689 g/mol. The number of fused-ring (bicyclic) bond motifs is 10. The zero-order valence-electron chi connectivity index (χ0n) is 33.6. The number of hydrogen-bond acceptors (Lipinski definition) is 2. The first-order valence-electron chi connectivity index (χ1n) is 20.1. The SMILES string of the molecule is Cc1ccc(N(c2ccc(C)c(C)c2)c2ccc3c(c2)C2(c4ccccc4-c4ccccc42)c2cc(N(c4ccc(C)cc4)c4ccc(C)c(C)c4)ccc2-3)cc1. The van der Waals surface area contributed by atoms with Gasteiger partial charge in [0.15, 0.2) is 0 Å². The van der Waals surface area contributed by atoms with E-state index >= 15 is 0 Å². The van der Waals surface area contributed by atoms with Gasteiger partial charge < -0.3 is 9.80 Å². The predicted octanol–water partition coefficient (Wildman–Crippen LogP) is 14.8. The molecule has 0 amide bonds. The fraction of sp³-hybridized carbons (Fsp3) is 0.127. The van der Waals surface area contributed by atoms with Gasteiger partial charge in [0.05, 0.1) is 5.41 Å². The molecule has 8 aromatic rings. The van der Waals surface area contributed by atoms with Crippen LogP contribution >= 0.6 is 0 Å². The van der Waals surface area contributed by atoms with Gasteiger partial charge in [-0.25, -0.2) is 0 Å². The molecule has 0 N–H and O–H groups in total. The number of hydrogen-bond donors (Lipinski definition) is 0. The normalized spacial score (nSPS) is 12.9. The van der Waals surface area contributed by atoms with Crippen molar-refractivity contribution in [1.29, 1.82) is 0 Å². The van der Waals surface area contributed by atoms with Crippen molar-refractivity contribution in [2.24, 2.45) is 0 Å². The van der Waals surface area contributed by atoms with E-state index in [2.05, 4.69) is 221 Å². The summed E-state index contributed by atoms with van der Waals surface area (Å²) in [7, 11) is 0. The number of benzene rings is 8. The summed E-state index contributed by atoms with van der Waals surface area (Å²) in [5.74, 6) is 0. The van der Waals surface area contributed by atoms with Gasteiger partial charge in [-0.05, 0) is 181 Å². The Morgan fingerprint density at radius 1 is 0.281 bits per heavy atom. The highest BCUT2D eigenvalue weighted by Crippen LogP contribution is 2.64. The molecule has 2 heteroatoms. The Kier molecular flexibility index (Phi) is 8.09. The van der Waals surface area contributed by atoms with Crippen molar-refractivity contribution < 1.29 is 0 Å². The lowest BCUT2D eigenvalue weighted by Crippen LogP contribution is -2.26. The second kappa shape index (κ2) is 13.2. The molecular formula is C55H46N2. The maximum Gasteiger partial charge on any atom is 0.0727 e. The lowest BCUT2D eigenvalue weighted by molar-refractivity contribution is 0.793. The molecule has 0 radical (unpaired) electrons. The Morgan fingerprint density at radius 3 is 1.02 bits per heavy atom. The molecule has 0 atom stereocenters. The van der Waals surface area contributed by atoms with Gasteiger partial charge in [0, 0.05) is 34.1 Å². The third kappa shape index (κ3) is 5.39. The Hall–Kier alpha value is -6.64. The quantitative estimate of drug-likeness (QED) is 0.168. The molecule has 0 saturated heterocycles. The third-order valence-corrected chi connectivity index (χ3v) is 12.7. The molecule has 8 aromatic carbocycles. The zero-order chi connectivity index (χ0) is 39.0. The summed E-state index contributed by atoms with van der Waals surface area (Å²) in [5, 5.41) is 0. The van der Waals surface area contributed by atoms with Crippen LogP contribution in [0.5, 0.6) is 0 Å². The molecule has 0 heterocycles. The van der Waals surface area contributed by atoms with Gasteiger partial charge in [0.1, 0.15) is 0 Å². The van der Waals surface area contributed by atoms with Gasteiger partial charge in [-0.1, -0.05) is 108 Å². The highest BCUT2D eigenvalue weighted by Gasteiger charge is 2.52. The maximum atomic E-state index is 2.49. The van der Waals surface area contributed by atoms with Crippen molar-refractivity contribution in [2.75, 3.05) is 9.80 Å². The molecule has 1 spiro atoms. The van der Waals surface area contributed by atoms with E-state index in [9.17, 15) is 0 Å². The van der Waals surface area contributed by atoms with Crippen LogP contribution in [0.15, 0.2) is 170 Å². The Labute approximate surface area is 337 Å². The largest absolute Gasteiger partial charge is 0.310 e. The monoisotopic (exact) mass is 734 g/mol. The molecule has 2 aliphatic carbocycles. The molecule has 276 valence electrons. The van der Waals surface area contributed by atoms with Crippen LogP contribution in [-0.4, -0.2) is 0 Å². The Bertz CT molecular complexity index is 2660. The molecule has 0 bridgehead atoms. The molecule has 2 nitrogen and oxygen atoms in total. The summed E-state index contributed by atoms with van der Waals surface area (Å²) in [6.07, 6.45) is 0. The average Bonchev–Trinajstić information content (AvgIpc) is 3.69. The summed E-state index contributed by atoms with van der Waals surface area (Å²) in [5.41, 5.74) is 24.5. The summed E-state index contributed by atoms with van der Waals surface area (Å²) in [6, 6.07) is 64.1. The van der Waals surface area contributed by atoms with Crippen LogP contribution in [0.25, 0.3) is 22.3 Å². The van der Waals surface area contributed by atoms with Gasteiger partial charge in [-0.2, -0.15) is 0 Å². The summed E-state index contributed by atoms with van der Waals surface area (Å²) in [6.45, 7) is 13.1. The molecule has 57 heavy (non-hydrogen) atoms. The minimum Gasteiger partial charge on any atom is -0.310 e. The molecule has 0 saturated carbocycles. The minimum absolute atomic E-state index is 0.520. The first-order chi connectivity index (χ1) is 27.7. The summed E-state index contributed by atoms with van der Waals surface area (Å²) >= 11 is 0. The number of aryl methyl sites for hydroxylation is 6. The summed E-state index contributed by atoms with van der Waals surface area (Å²) in [4.78, 5) is 4.86. The van der Waals surface area contributed by atoms with Crippen molar-refractivity contribution in [3.05, 3.63) is 225 Å². The van der Waals surface area contributed by atoms with Gasteiger partial charge >= 0.3 is 0 Å². The van der Waals surface area contributed by atoms with Gasteiger partial charge in [0.25, 0.3) is 0 Å². The third-order valence-electron chi connectivity index (χ3n) is 12.7. The van der Waals surface area contributed by atoms with Crippen LogP contribution in [0.4, 0.5) is 34.1 Å². The fourth-order valence-corrected chi connectivity index (χ4v) is 9.40. The first-order valence-corrected chi connectivity index (χ1v) is 20.1. The standard InChI is InChI=1S/C55H46N2/c1-35-15-21-41(22-16-35)56(43-25-19-37(3)39(5)31-43)45-27-29-49-50-30-28-46(57(42-23-17-36(2)18-24-42)44-26-20-38(4)40(6)32-44)34-54(50)55(53(49)33-45)51-13-9-7-11-47(51)48-12-8-10-14-52(48)55/h7-34H,1-6H3. The Morgan fingerprint density at radius 2 is 0.614 bits per heavy atom. The average molecular weight is 735 g/mol. The molecule has 10 rings (SSSR count). The fourth-order valence-electron chi connectivity index (χ4n) is 9.40. The maximum absolute atomic E-state index is 2.49. The lowest BCUT2D eigenvalue weighted by Gasteiger charge is -2.33. The molecule has 0 aliphatic heterocycles. The van der Waals surface area contributed by atoms with E-state index in [1.54, 1.807) is 0 Å². The van der Waals surface area contributed by atoms with Crippen molar-refractivity contribution in [3.8, 4) is 22.3 Å². The zero-order valence-corrected chi connectivity index (χ0v) is 33.6. The van der Waals surface area contributed by atoms with Crippen molar-refractivity contribution in [3.63, 3.8) is 0 Å².